The van der Waals surface area contributed by atoms with E-state index in [4.69, 9.17) is 10.2 Å². The van der Waals surface area contributed by atoms with Crippen molar-refractivity contribution in [3.05, 3.63) is 0 Å². The normalized spacial score (nSPS) is 14.5. The topological polar surface area (TPSA) is 86.6 Å². The summed E-state index contributed by atoms with van der Waals surface area (Å²) in [7, 11) is 0. The number of carbonyl (C=O) groups is 2. The maximum absolute atomic E-state index is 10.5. The third-order valence-electron chi connectivity index (χ3n) is 2.31. The van der Waals surface area contributed by atoms with Crippen LogP contribution in [0, 0.1) is 5.92 Å². The predicted octanol–water partition coefficient (Wildman–Crippen LogP) is 0.940. The molecule has 5 heteroatoms. The van der Waals surface area contributed by atoms with E-state index in [1.807, 2.05) is 0 Å². The molecule has 2 atom stereocenters. The smallest absolute Gasteiger partial charge is 0.320 e. The van der Waals surface area contributed by atoms with Gasteiger partial charge < -0.3 is 15.5 Å². The summed E-state index contributed by atoms with van der Waals surface area (Å²) in [5.74, 6) is -1.96. The van der Waals surface area contributed by atoms with Crippen molar-refractivity contribution in [2.24, 2.45) is 5.92 Å². The molecule has 0 aliphatic rings. The van der Waals surface area contributed by atoms with Crippen LogP contribution in [0.15, 0.2) is 0 Å². The Kier molecular flexibility index (Phi) is 6.70. The van der Waals surface area contributed by atoms with Gasteiger partial charge in [-0.05, 0) is 26.3 Å². The molecule has 0 spiro atoms. The van der Waals surface area contributed by atoms with Gasteiger partial charge in [0, 0.05) is 0 Å². The number of aliphatic carboxylic acids is 2. The highest BCUT2D eigenvalue weighted by molar-refractivity contribution is 5.72. The SMILES string of the molecule is CC(CCCCNC(C)C(=O)O)C(=O)O. The molecule has 0 rings (SSSR count). The molecule has 88 valence electrons. The summed E-state index contributed by atoms with van der Waals surface area (Å²) in [5.41, 5.74) is 0. The van der Waals surface area contributed by atoms with Crippen LogP contribution < -0.4 is 5.32 Å². The highest BCUT2D eigenvalue weighted by atomic mass is 16.4. The minimum Gasteiger partial charge on any atom is -0.481 e. The van der Waals surface area contributed by atoms with Gasteiger partial charge in [0.15, 0.2) is 0 Å². The second kappa shape index (κ2) is 7.23. The van der Waals surface area contributed by atoms with Crippen LogP contribution in [-0.2, 0) is 9.59 Å². The number of carboxylic acid groups (broad SMARTS) is 2. The number of unbranched alkanes of at least 4 members (excludes halogenated alkanes) is 1. The molecule has 15 heavy (non-hydrogen) atoms. The Morgan fingerprint density at radius 2 is 1.73 bits per heavy atom. The fourth-order valence-corrected chi connectivity index (χ4v) is 1.10. The molecule has 0 amide bonds. The lowest BCUT2D eigenvalue weighted by Gasteiger charge is -2.09. The lowest BCUT2D eigenvalue weighted by molar-refractivity contribution is -0.141. The molecule has 0 radical (unpaired) electrons. The molecule has 2 unspecified atom stereocenters. The zero-order valence-corrected chi connectivity index (χ0v) is 9.19. The Labute approximate surface area is 89.5 Å². The Morgan fingerprint density at radius 1 is 1.13 bits per heavy atom. The quantitative estimate of drug-likeness (QED) is 0.527. The van der Waals surface area contributed by atoms with E-state index in [1.165, 1.54) is 0 Å². The van der Waals surface area contributed by atoms with E-state index >= 15 is 0 Å². The van der Waals surface area contributed by atoms with Crippen molar-refractivity contribution < 1.29 is 19.8 Å². The van der Waals surface area contributed by atoms with Crippen molar-refractivity contribution in [2.75, 3.05) is 6.54 Å². The summed E-state index contributed by atoms with van der Waals surface area (Å²) in [6.07, 6.45) is 2.24. The third kappa shape index (κ3) is 6.90. The van der Waals surface area contributed by atoms with Gasteiger partial charge in [-0.2, -0.15) is 0 Å². The zero-order valence-electron chi connectivity index (χ0n) is 9.19. The summed E-state index contributed by atoms with van der Waals surface area (Å²) in [6.45, 7) is 3.87. The van der Waals surface area contributed by atoms with Gasteiger partial charge in [-0.3, -0.25) is 9.59 Å². The first-order valence-corrected chi connectivity index (χ1v) is 5.14. The molecule has 0 saturated heterocycles. The van der Waals surface area contributed by atoms with Crippen molar-refractivity contribution >= 4 is 11.9 Å². The second-order valence-corrected chi connectivity index (χ2v) is 3.75. The summed E-state index contributed by atoms with van der Waals surface area (Å²) in [4.78, 5) is 20.9. The van der Waals surface area contributed by atoms with Crippen LogP contribution >= 0.6 is 0 Å². The lowest BCUT2D eigenvalue weighted by Crippen LogP contribution is -2.34. The van der Waals surface area contributed by atoms with Gasteiger partial charge in [0.05, 0.1) is 5.92 Å². The number of nitrogens with one attached hydrogen (secondary N) is 1. The summed E-state index contributed by atoms with van der Waals surface area (Å²) >= 11 is 0. The van der Waals surface area contributed by atoms with Crippen LogP contribution in [0.2, 0.25) is 0 Å². The van der Waals surface area contributed by atoms with Crippen LogP contribution in [0.1, 0.15) is 33.1 Å². The van der Waals surface area contributed by atoms with Gasteiger partial charge in [0.1, 0.15) is 6.04 Å². The van der Waals surface area contributed by atoms with E-state index in [-0.39, 0.29) is 5.92 Å². The molecule has 0 aromatic carbocycles. The molecule has 0 heterocycles. The first kappa shape index (κ1) is 13.9. The van der Waals surface area contributed by atoms with E-state index in [0.717, 1.165) is 12.8 Å². The van der Waals surface area contributed by atoms with Gasteiger partial charge in [-0.1, -0.05) is 13.3 Å². The van der Waals surface area contributed by atoms with E-state index in [2.05, 4.69) is 5.32 Å². The molecule has 0 aliphatic carbocycles. The Balaban J connectivity index is 3.40. The van der Waals surface area contributed by atoms with Crippen LogP contribution in [-0.4, -0.2) is 34.7 Å². The van der Waals surface area contributed by atoms with Crippen molar-refractivity contribution in [2.45, 2.75) is 39.2 Å². The fourth-order valence-electron chi connectivity index (χ4n) is 1.10. The average molecular weight is 217 g/mol. The van der Waals surface area contributed by atoms with E-state index in [1.54, 1.807) is 13.8 Å². The minimum atomic E-state index is -0.867. The van der Waals surface area contributed by atoms with Crippen molar-refractivity contribution in [1.82, 2.24) is 5.32 Å². The van der Waals surface area contributed by atoms with Gasteiger partial charge in [0.25, 0.3) is 0 Å². The molecule has 0 aromatic heterocycles. The van der Waals surface area contributed by atoms with Crippen LogP contribution in [0.3, 0.4) is 0 Å². The van der Waals surface area contributed by atoms with E-state index in [0.29, 0.717) is 13.0 Å². The summed E-state index contributed by atoms with van der Waals surface area (Å²) in [6, 6.07) is -0.540. The minimum absolute atomic E-state index is 0.318. The van der Waals surface area contributed by atoms with Crippen LogP contribution in [0.5, 0.6) is 0 Å². The number of hydrogen-bond donors (Lipinski definition) is 3. The highest BCUT2D eigenvalue weighted by Gasteiger charge is 2.11. The first-order valence-electron chi connectivity index (χ1n) is 5.14. The summed E-state index contributed by atoms with van der Waals surface area (Å²) < 4.78 is 0. The van der Waals surface area contributed by atoms with Gasteiger partial charge in [-0.25, -0.2) is 0 Å². The number of hydrogen-bond acceptors (Lipinski definition) is 3. The molecule has 0 aliphatic heterocycles. The van der Waals surface area contributed by atoms with Gasteiger partial charge >= 0.3 is 11.9 Å². The van der Waals surface area contributed by atoms with Gasteiger partial charge in [0.2, 0.25) is 0 Å². The summed E-state index contributed by atoms with van der Waals surface area (Å²) in [5, 5.41) is 20.0. The predicted molar refractivity (Wildman–Crippen MR) is 55.8 cm³/mol. The molecule has 0 aromatic rings. The number of carboxylic acids is 2. The van der Waals surface area contributed by atoms with E-state index < -0.39 is 18.0 Å². The molecule has 3 N–H and O–H groups in total. The first-order chi connectivity index (χ1) is 6.95. The molecule has 0 saturated carbocycles. The monoisotopic (exact) mass is 217 g/mol. The van der Waals surface area contributed by atoms with Crippen molar-refractivity contribution in [1.29, 1.82) is 0 Å². The maximum Gasteiger partial charge on any atom is 0.320 e. The Bertz CT molecular complexity index is 195. The average Bonchev–Trinajstić information content (AvgIpc) is 2.16. The molecule has 0 fully saturated rings. The molecular formula is C10H19NO4. The largest absolute Gasteiger partial charge is 0.481 e. The Morgan fingerprint density at radius 3 is 2.20 bits per heavy atom. The van der Waals surface area contributed by atoms with E-state index in [9.17, 15) is 9.59 Å². The van der Waals surface area contributed by atoms with Gasteiger partial charge in [-0.15, -0.1) is 0 Å². The van der Waals surface area contributed by atoms with Crippen LogP contribution in [0.25, 0.3) is 0 Å². The maximum atomic E-state index is 10.5. The molecule has 5 nitrogen and oxygen atoms in total. The lowest BCUT2D eigenvalue weighted by atomic mass is 10.0. The van der Waals surface area contributed by atoms with Crippen molar-refractivity contribution in [3.63, 3.8) is 0 Å². The zero-order chi connectivity index (χ0) is 11.8. The third-order valence-corrected chi connectivity index (χ3v) is 2.31. The Hall–Kier alpha value is -1.10. The molecular weight excluding hydrogens is 198 g/mol. The molecule has 0 bridgehead atoms. The van der Waals surface area contributed by atoms with Crippen LogP contribution in [0.4, 0.5) is 0 Å². The fraction of sp³-hybridized carbons (Fsp3) is 0.800. The van der Waals surface area contributed by atoms with Crippen molar-refractivity contribution in [3.8, 4) is 0 Å². The number of rotatable bonds is 8. The standard InChI is InChI=1S/C10H19NO4/c1-7(9(12)13)5-3-4-6-11-8(2)10(14)15/h7-8,11H,3-6H2,1-2H3,(H,12,13)(H,14,15). The second-order valence-electron chi connectivity index (χ2n) is 3.75. The highest BCUT2D eigenvalue weighted by Crippen LogP contribution is 2.07.